The SMILES string of the molecule is CCS(=O)(=O)CCn1ncc(CNCC(C)C)c1C(F)F. The maximum absolute atomic E-state index is 13.2. The van der Waals surface area contributed by atoms with Crippen LogP contribution in [0.5, 0.6) is 0 Å². The number of alkyl halides is 2. The van der Waals surface area contributed by atoms with Gasteiger partial charge in [0.05, 0.1) is 18.5 Å². The summed E-state index contributed by atoms with van der Waals surface area (Å²) < 4.78 is 50.4. The molecule has 0 fully saturated rings. The van der Waals surface area contributed by atoms with Crippen LogP contribution >= 0.6 is 0 Å². The highest BCUT2D eigenvalue weighted by atomic mass is 32.2. The second-order valence-electron chi connectivity index (χ2n) is 5.34. The molecule has 0 spiro atoms. The molecule has 0 aliphatic heterocycles. The van der Waals surface area contributed by atoms with E-state index in [1.54, 1.807) is 0 Å². The van der Waals surface area contributed by atoms with Crippen LogP contribution in [0.1, 0.15) is 38.5 Å². The van der Waals surface area contributed by atoms with Crippen molar-refractivity contribution in [2.75, 3.05) is 18.1 Å². The smallest absolute Gasteiger partial charge is 0.280 e. The molecule has 1 aromatic rings. The Morgan fingerprint density at radius 3 is 2.57 bits per heavy atom. The Bertz CT molecular complexity index is 542. The molecule has 8 heteroatoms. The highest BCUT2D eigenvalue weighted by molar-refractivity contribution is 7.91. The number of halogens is 2. The first-order chi connectivity index (χ1) is 9.76. The molecule has 1 aromatic heterocycles. The van der Waals surface area contributed by atoms with Gasteiger partial charge in [-0.3, -0.25) is 4.68 Å². The molecule has 0 unspecified atom stereocenters. The third-order valence-electron chi connectivity index (χ3n) is 3.09. The van der Waals surface area contributed by atoms with Gasteiger partial charge in [0.15, 0.2) is 9.84 Å². The zero-order chi connectivity index (χ0) is 16.0. The van der Waals surface area contributed by atoms with Crippen LogP contribution in [-0.2, 0) is 22.9 Å². The Hall–Kier alpha value is -1.02. The number of rotatable bonds is 9. The van der Waals surface area contributed by atoms with Gasteiger partial charge in [0.2, 0.25) is 0 Å². The fourth-order valence-corrected chi connectivity index (χ4v) is 2.61. The van der Waals surface area contributed by atoms with Crippen molar-refractivity contribution in [3.05, 3.63) is 17.5 Å². The largest absolute Gasteiger partial charge is 0.312 e. The van der Waals surface area contributed by atoms with Crippen molar-refractivity contribution in [2.45, 2.75) is 40.3 Å². The maximum Gasteiger partial charge on any atom is 0.280 e. The first-order valence-corrected chi connectivity index (χ1v) is 8.82. The average Bonchev–Trinajstić information content (AvgIpc) is 2.79. The molecule has 0 bridgehead atoms. The summed E-state index contributed by atoms with van der Waals surface area (Å²) >= 11 is 0. The van der Waals surface area contributed by atoms with E-state index in [9.17, 15) is 17.2 Å². The Morgan fingerprint density at radius 1 is 1.38 bits per heavy atom. The predicted octanol–water partition coefficient (Wildman–Crippen LogP) is 2.00. The molecule has 122 valence electrons. The van der Waals surface area contributed by atoms with Gasteiger partial charge >= 0.3 is 0 Å². The van der Waals surface area contributed by atoms with Crippen molar-refractivity contribution in [2.24, 2.45) is 5.92 Å². The molecule has 0 saturated heterocycles. The van der Waals surface area contributed by atoms with Gasteiger partial charge in [-0.25, -0.2) is 17.2 Å². The van der Waals surface area contributed by atoms with Gasteiger partial charge in [-0.2, -0.15) is 5.10 Å². The number of sulfone groups is 1. The zero-order valence-electron chi connectivity index (χ0n) is 12.6. The third kappa shape index (κ3) is 5.70. The van der Waals surface area contributed by atoms with E-state index < -0.39 is 16.3 Å². The number of aryl methyl sites for hydroxylation is 1. The van der Waals surface area contributed by atoms with Gasteiger partial charge in [0, 0.05) is 17.9 Å². The van der Waals surface area contributed by atoms with Crippen molar-refractivity contribution < 1.29 is 17.2 Å². The van der Waals surface area contributed by atoms with Crippen molar-refractivity contribution in [3.8, 4) is 0 Å². The van der Waals surface area contributed by atoms with Crippen LogP contribution in [0.15, 0.2) is 6.20 Å². The van der Waals surface area contributed by atoms with Crippen molar-refractivity contribution >= 4 is 9.84 Å². The van der Waals surface area contributed by atoms with E-state index in [1.165, 1.54) is 13.1 Å². The lowest BCUT2D eigenvalue weighted by Crippen LogP contribution is -2.20. The lowest BCUT2D eigenvalue weighted by atomic mass is 10.2. The quantitative estimate of drug-likeness (QED) is 0.755. The van der Waals surface area contributed by atoms with Crippen LogP contribution in [0.25, 0.3) is 0 Å². The fraction of sp³-hybridized carbons (Fsp3) is 0.769. The molecule has 0 amide bonds. The number of hydrogen-bond acceptors (Lipinski definition) is 4. The first-order valence-electron chi connectivity index (χ1n) is 7.00. The van der Waals surface area contributed by atoms with E-state index in [1.807, 2.05) is 13.8 Å². The van der Waals surface area contributed by atoms with Gasteiger partial charge in [-0.15, -0.1) is 0 Å². The summed E-state index contributed by atoms with van der Waals surface area (Å²) in [6, 6.07) is 0. The number of hydrogen-bond donors (Lipinski definition) is 1. The molecule has 0 atom stereocenters. The Balaban J connectivity index is 2.79. The fourth-order valence-electron chi connectivity index (χ4n) is 1.87. The van der Waals surface area contributed by atoms with Gasteiger partial charge in [-0.05, 0) is 12.5 Å². The number of aromatic nitrogens is 2. The molecule has 0 aliphatic carbocycles. The van der Waals surface area contributed by atoms with Crippen LogP contribution in [-0.4, -0.2) is 36.2 Å². The molecule has 1 N–H and O–H groups in total. The maximum atomic E-state index is 13.2. The summed E-state index contributed by atoms with van der Waals surface area (Å²) in [4.78, 5) is 0. The van der Waals surface area contributed by atoms with Crippen molar-refractivity contribution in [1.29, 1.82) is 0 Å². The summed E-state index contributed by atoms with van der Waals surface area (Å²) in [6.07, 6.45) is -1.29. The number of nitrogens with one attached hydrogen (secondary N) is 1. The Morgan fingerprint density at radius 2 is 2.05 bits per heavy atom. The van der Waals surface area contributed by atoms with Gasteiger partial charge in [0.1, 0.15) is 5.69 Å². The molecule has 5 nitrogen and oxygen atoms in total. The van der Waals surface area contributed by atoms with E-state index >= 15 is 0 Å². The topological polar surface area (TPSA) is 64.0 Å². The lowest BCUT2D eigenvalue weighted by molar-refractivity contribution is 0.138. The molecular formula is C13H23F2N3O2S. The monoisotopic (exact) mass is 323 g/mol. The summed E-state index contributed by atoms with van der Waals surface area (Å²) in [5.41, 5.74) is 0.220. The minimum atomic E-state index is -3.20. The first kappa shape index (κ1) is 18.0. The highest BCUT2D eigenvalue weighted by Gasteiger charge is 2.20. The minimum absolute atomic E-state index is 0.00107. The highest BCUT2D eigenvalue weighted by Crippen LogP contribution is 2.23. The summed E-state index contributed by atoms with van der Waals surface area (Å²) in [6.45, 7) is 6.57. The molecule has 0 radical (unpaired) electrons. The van der Waals surface area contributed by atoms with E-state index in [-0.39, 0.29) is 23.7 Å². The van der Waals surface area contributed by atoms with E-state index in [2.05, 4.69) is 10.4 Å². The van der Waals surface area contributed by atoms with Crippen LogP contribution < -0.4 is 5.32 Å². The van der Waals surface area contributed by atoms with Crippen LogP contribution in [0.2, 0.25) is 0 Å². The van der Waals surface area contributed by atoms with E-state index in [0.29, 0.717) is 18.0 Å². The molecule has 0 saturated carbocycles. The standard InChI is InChI=1S/C13H23F2N3O2S/c1-4-21(19,20)6-5-18-12(13(14)15)11(9-17-18)8-16-7-10(2)3/h9-10,13,16H,4-8H2,1-3H3. The van der Waals surface area contributed by atoms with Gasteiger partial charge in [0.25, 0.3) is 6.43 Å². The van der Waals surface area contributed by atoms with Gasteiger partial charge in [-0.1, -0.05) is 20.8 Å². The molecule has 1 heterocycles. The summed E-state index contributed by atoms with van der Waals surface area (Å²) in [7, 11) is -3.20. The Kier molecular flexibility index (Phi) is 6.73. The third-order valence-corrected chi connectivity index (χ3v) is 4.77. The normalized spacial score (nSPS) is 12.5. The second-order valence-corrected chi connectivity index (χ2v) is 7.81. The van der Waals surface area contributed by atoms with Crippen LogP contribution in [0.3, 0.4) is 0 Å². The molecule has 0 aliphatic rings. The van der Waals surface area contributed by atoms with Gasteiger partial charge < -0.3 is 5.32 Å². The predicted molar refractivity (Wildman–Crippen MR) is 78.1 cm³/mol. The summed E-state index contributed by atoms with van der Waals surface area (Å²) in [5.74, 6) is 0.245. The average molecular weight is 323 g/mol. The van der Waals surface area contributed by atoms with Crippen LogP contribution in [0.4, 0.5) is 8.78 Å². The molecule has 21 heavy (non-hydrogen) atoms. The van der Waals surface area contributed by atoms with Crippen LogP contribution in [0, 0.1) is 5.92 Å². The minimum Gasteiger partial charge on any atom is -0.312 e. The molecular weight excluding hydrogens is 300 g/mol. The number of nitrogens with zero attached hydrogens (tertiary/aromatic N) is 2. The zero-order valence-corrected chi connectivity index (χ0v) is 13.5. The van der Waals surface area contributed by atoms with Crippen molar-refractivity contribution in [1.82, 2.24) is 15.1 Å². The van der Waals surface area contributed by atoms with E-state index in [4.69, 9.17) is 0 Å². The summed E-state index contributed by atoms with van der Waals surface area (Å²) in [5, 5.41) is 6.99. The van der Waals surface area contributed by atoms with Crippen molar-refractivity contribution in [3.63, 3.8) is 0 Å². The molecule has 1 rings (SSSR count). The lowest BCUT2D eigenvalue weighted by Gasteiger charge is -2.10. The second kappa shape index (κ2) is 7.84. The van der Waals surface area contributed by atoms with E-state index in [0.717, 1.165) is 11.2 Å². The Labute approximate surface area is 124 Å². The molecule has 0 aromatic carbocycles.